The third-order valence-corrected chi connectivity index (χ3v) is 5.68. The van der Waals surface area contributed by atoms with Crippen molar-refractivity contribution in [2.24, 2.45) is 0 Å². The number of hydrogen-bond donors (Lipinski definition) is 3. The fourth-order valence-electron chi connectivity index (χ4n) is 3.32. The first-order valence-electron chi connectivity index (χ1n) is 11.3. The summed E-state index contributed by atoms with van der Waals surface area (Å²) in [5.41, 5.74) is -0.469. The van der Waals surface area contributed by atoms with E-state index in [1.54, 1.807) is 38.1 Å². The molecule has 3 rings (SSSR count). The maximum absolute atomic E-state index is 12.4. The number of nitrogens with zero attached hydrogens (tertiary/aromatic N) is 1. The lowest BCUT2D eigenvalue weighted by atomic mass is 10.0. The topological polar surface area (TPSA) is 114 Å². The molecule has 33 heavy (non-hydrogen) atoms. The number of carbonyl (C=O) groups is 1. The van der Waals surface area contributed by atoms with E-state index in [0.29, 0.717) is 47.8 Å². The number of aromatic nitrogens is 1. The number of carbonyl (C=O) groups excluding carboxylic acids is 1. The minimum atomic E-state index is -0.792. The molecule has 0 spiro atoms. The monoisotopic (exact) mass is 455 g/mol. The van der Waals surface area contributed by atoms with E-state index in [-0.39, 0.29) is 11.9 Å². The molecular weight excluding hydrogens is 422 g/mol. The smallest absolute Gasteiger partial charge is 0.346 e. The zero-order chi connectivity index (χ0) is 24.1. The van der Waals surface area contributed by atoms with Gasteiger partial charge in [0.15, 0.2) is 0 Å². The first-order valence-corrected chi connectivity index (χ1v) is 11.3. The van der Waals surface area contributed by atoms with Gasteiger partial charge in [-0.05, 0) is 70.7 Å². The number of anilines is 1. The molecule has 1 heterocycles. The number of rotatable bonds is 9. The number of nitrogens with one attached hydrogen (secondary N) is 2. The second kappa shape index (κ2) is 10.3. The second-order valence-corrected chi connectivity index (χ2v) is 9.19. The van der Waals surface area contributed by atoms with Crippen molar-refractivity contribution in [3.05, 3.63) is 45.3 Å². The summed E-state index contributed by atoms with van der Waals surface area (Å²) in [6, 6.07) is 6.60. The average molecular weight is 456 g/mol. The number of benzene rings is 1. The van der Waals surface area contributed by atoms with Crippen molar-refractivity contribution in [1.82, 2.24) is 10.3 Å². The Morgan fingerprint density at radius 1 is 1.18 bits per heavy atom. The molecule has 0 saturated carbocycles. The first-order chi connectivity index (χ1) is 15.6. The van der Waals surface area contributed by atoms with E-state index in [0.717, 1.165) is 12.8 Å². The lowest BCUT2D eigenvalue weighted by Gasteiger charge is -2.30. The van der Waals surface area contributed by atoms with E-state index in [4.69, 9.17) is 9.15 Å². The zero-order valence-corrected chi connectivity index (χ0v) is 19.7. The van der Waals surface area contributed by atoms with Crippen molar-refractivity contribution in [1.29, 1.82) is 0 Å². The van der Waals surface area contributed by atoms with Gasteiger partial charge >= 0.3 is 11.7 Å². The van der Waals surface area contributed by atoms with Crippen molar-refractivity contribution in [2.75, 3.05) is 18.5 Å². The quantitative estimate of drug-likeness (QED) is 0.535. The van der Waals surface area contributed by atoms with Crippen LogP contribution in [-0.2, 0) is 4.74 Å². The summed E-state index contributed by atoms with van der Waals surface area (Å²) in [5.74, 6) is 0.253. The van der Waals surface area contributed by atoms with Gasteiger partial charge in [-0.25, -0.2) is 14.6 Å². The Bertz CT molecular complexity index is 1150. The van der Waals surface area contributed by atoms with Crippen molar-refractivity contribution in [2.45, 2.75) is 64.6 Å². The highest BCUT2D eigenvalue weighted by Crippen LogP contribution is 2.19. The number of amides is 2. The molecular formula is C25H33N3O5. The fraction of sp³-hybridized carbons (Fsp3) is 0.480. The Labute approximate surface area is 193 Å². The Hall–Kier alpha value is -2.97. The normalized spacial score (nSPS) is 14.9. The molecule has 0 aliphatic heterocycles. The number of ether oxygens (including phenoxy) is 1. The van der Waals surface area contributed by atoms with Crippen LogP contribution in [-0.4, -0.2) is 40.5 Å². The summed E-state index contributed by atoms with van der Waals surface area (Å²) in [4.78, 5) is 29.0. The predicted octanol–water partition coefficient (Wildman–Crippen LogP) is 2.52. The molecule has 8 nitrogen and oxygen atoms in total. The van der Waals surface area contributed by atoms with E-state index >= 15 is 0 Å². The van der Waals surface area contributed by atoms with Crippen molar-refractivity contribution in [3.8, 4) is 11.5 Å². The minimum absolute atomic E-state index is 0.253. The highest BCUT2D eigenvalue weighted by Gasteiger charge is 2.25. The Balaban J connectivity index is 1.58. The summed E-state index contributed by atoms with van der Waals surface area (Å²) in [6.45, 7) is 8.14. The van der Waals surface area contributed by atoms with Crippen molar-refractivity contribution in [3.63, 3.8) is 0 Å². The molecule has 1 aliphatic rings. The van der Waals surface area contributed by atoms with Crippen LogP contribution in [0.2, 0.25) is 0 Å². The third kappa shape index (κ3) is 7.00. The number of aliphatic hydroxyl groups is 1. The molecule has 0 saturated heterocycles. The average Bonchev–Trinajstić information content (AvgIpc) is 2.77. The maximum atomic E-state index is 12.4. The first kappa shape index (κ1) is 24.7. The highest BCUT2D eigenvalue weighted by molar-refractivity contribution is 5.89. The molecule has 0 fully saturated rings. The molecule has 0 radical (unpaired) electrons. The molecule has 1 aliphatic carbocycles. The maximum Gasteiger partial charge on any atom is 0.346 e. The van der Waals surface area contributed by atoms with Crippen molar-refractivity contribution >= 4 is 23.9 Å². The van der Waals surface area contributed by atoms with E-state index in [1.807, 2.05) is 26.0 Å². The van der Waals surface area contributed by atoms with Gasteiger partial charge in [-0.1, -0.05) is 19.1 Å². The second-order valence-electron chi connectivity index (χ2n) is 9.19. The molecule has 2 amide bonds. The molecule has 3 N–H and O–H groups in total. The minimum Gasteiger partial charge on any atom is -0.403 e. The molecule has 1 unspecified atom stereocenters. The highest BCUT2D eigenvalue weighted by atomic mass is 16.5. The lowest BCUT2D eigenvalue weighted by Crippen LogP contribution is -2.44. The van der Waals surface area contributed by atoms with E-state index in [1.165, 1.54) is 0 Å². The van der Waals surface area contributed by atoms with Crippen LogP contribution in [0.25, 0.3) is 23.6 Å². The van der Waals surface area contributed by atoms with Gasteiger partial charge in [-0.2, -0.15) is 0 Å². The van der Waals surface area contributed by atoms with Gasteiger partial charge in [0, 0.05) is 17.8 Å². The summed E-state index contributed by atoms with van der Waals surface area (Å²) in [6.07, 6.45) is 6.67. The van der Waals surface area contributed by atoms with E-state index in [9.17, 15) is 14.7 Å². The van der Waals surface area contributed by atoms with E-state index in [2.05, 4.69) is 15.6 Å². The largest absolute Gasteiger partial charge is 0.403 e. The Kier molecular flexibility index (Phi) is 7.71. The molecule has 1 aromatic heterocycles. The third-order valence-electron chi connectivity index (χ3n) is 5.68. The van der Waals surface area contributed by atoms with Crippen LogP contribution in [0.4, 0.5) is 10.5 Å². The van der Waals surface area contributed by atoms with Crippen LogP contribution < -0.4 is 26.8 Å². The molecule has 8 heteroatoms. The number of hydrogen-bond acceptors (Lipinski definition) is 6. The molecule has 2 aromatic rings. The van der Waals surface area contributed by atoms with Crippen LogP contribution in [0.3, 0.4) is 0 Å². The molecule has 1 aromatic carbocycles. The van der Waals surface area contributed by atoms with Crippen LogP contribution in [0.15, 0.2) is 33.5 Å². The fourth-order valence-corrected chi connectivity index (χ4v) is 3.32. The molecule has 1 atom stereocenters. The summed E-state index contributed by atoms with van der Waals surface area (Å²) in [5, 5.41) is 16.6. The van der Waals surface area contributed by atoms with Gasteiger partial charge in [-0.15, -0.1) is 0 Å². The number of fused-ring (bicyclic) bond motifs is 1. The van der Waals surface area contributed by atoms with Gasteiger partial charge in [0.2, 0.25) is 5.89 Å². The van der Waals surface area contributed by atoms with Gasteiger partial charge in [0.1, 0.15) is 0 Å². The SMILES string of the molecule is CCC(C)(CNC(=O)Nc1ccc(-c2nc3c(c(=O)o2)=CCCC=3)cc1)OCCC(C)(C)O. The summed E-state index contributed by atoms with van der Waals surface area (Å²) in [7, 11) is 0. The standard InChI is InChI=1S/C25H33N3O5/c1-5-25(4,32-15-14-24(2,3)31)16-26-23(30)27-18-12-10-17(11-13-18)21-28-20-9-7-6-8-19(20)22(29)33-21/h8-13,31H,5-7,14-16H2,1-4H3,(H2,26,27,30). The van der Waals surface area contributed by atoms with Gasteiger partial charge < -0.3 is 24.9 Å². The van der Waals surface area contributed by atoms with E-state index < -0.39 is 16.8 Å². The van der Waals surface area contributed by atoms with Gasteiger partial charge in [0.25, 0.3) is 0 Å². The van der Waals surface area contributed by atoms with Crippen LogP contribution in [0.1, 0.15) is 53.4 Å². The lowest BCUT2D eigenvalue weighted by molar-refractivity contribution is -0.0555. The van der Waals surface area contributed by atoms with Crippen molar-refractivity contribution < 1.29 is 19.1 Å². The molecule has 178 valence electrons. The van der Waals surface area contributed by atoms with Crippen LogP contribution >= 0.6 is 0 Å². The summed E-state index contributed by atoms with van der Waals surface area (Å²) >= 11 is 0. The van der Waals surface area contributed by atoms with Gasteiger partial charge in [-0.3, -0.25) is 0 Å². The molecule has 0 bridgehead atoms. The summed E-state index contributed by atoms with van der Waals surface area (Å²) < 4.78 is 11.3. The Morgan fingerprint density at radius 3 is 2.55 bits per heavy atom. The zero-order valence-electron chi connectivity index (χ0n) is 19.7. The number of urea groups is 1. The van der Waals surface area contributed by atoms with Gasteiger partial charge in [0.05, 0.1) is 28.4 Å². The predicted molar refractivity (Wildman–Crippen MR) is 128 cm³/mol. The van der Waals surface area contributed by atoms with Crippen LogP contribution in [0.5, 0.6) is 0 Å². The van der Waals surface area contributed by atoms with Crippen LogP contribution in [0, 0.1) is 0 Å². The Morgan fingerprint density at radius 2 is 1.88 bits per heavy atom.